The molecule has 0 saturated carbocycles. The smallest absolute Gasteiger partial charge is 0.248 e. The average Bonchev–Trinajstić information content (AvgIpc) is 3.01. The molecule has 0 atom stereocenters. The molecule has 0 aliphatic carbocycles. The fraction of sp³-hybridized carbons (Fsp3) is 0.0588. The molecule has 3 rings (SSSR count). The summed E-state index contributed by atoms with van der Waals surface area (Å²) >= 11 is 0. The van der Waals surface area contributed by atoms with Gasteiger partial charge in [0.25, 0.3) is 0 Å². The highest BCUT2D eigenvalue weighted by molar-refractivity contribution is 6.02. The summed E-state index contributed by atoms with van der Waals surface area (Å²) in [6.45, 7) is 0. The molecule has 0 saturated heterocycles. The number of aromatic nitrogens is 4. The molecular weight excluding hydrogens is 290 g/mol. The Kier molecular flexibility index (Phi) is 4.24. The van der Waals surface area contributed by atoms with Crippen molar-refractivity contribution in [3.05, 3.63) is 66.2 Å². The standard InChI is InChI=1S/C17H15N5O/c1-22-17(19-20-21-22)14-8-10-15(11-9-14)18-16(23)12-7-13-5-3-2-4-6-13/h2-12H,1H3,(H,18,23)/b12-7+. The number of nitrogens with one attached hydrogen (secondary N) is 1. The maximum absolute atomic E-state index is 11.9. The van der Waals surface area contributed by atoms with Gasteiger partial charge in [-0.1, -0.05) is 30.3 Å². The second-order valence-corrected chi connectivity index (χ2v) is 4.94. The zero-order valence-electron chi connectivity index (χ0n) is 12.5. The predicted octanol–water partition coefficient (Wildman–Crippen LogP) is 2.53. The van der Waals surface area contributed by atoms with E-state index in [0.29, 0.717) is 11.5 Å². The van der Waals surface area contributed by atoms with Crippen LogP contribution in [0.25, 0.3) is 17.5 Å². The summed E-state index contributed by atoms with van der Waals surface area (Å²) in [5, 5.41) is 14.2. The Labute approximate surface area is 133 Å². The van der Waals surface area contributed by atoms with Gasteiger partial charge < -0.3 is 5.32 Å². The summed E-state index contributed by atoms with van der Waals surface area (Å²) in [7, 11) is 1.78. The lowest BCUT2D eigenvalue weighted by Crippen LogP contribution is -2.07. The van der Waals surface area contributed by atoms with Crippen molar-refractivity contribution >= 4 is 17.7 Å². The fourth-order valence-electron chi connectivity index (χ4n) is 2.10. The van der Waals surface area contributed by atoms with E-state index in [4.69, 9.17) is 0 Å². The number of nitrogens with zero attached hydrogens (tertiary/aromatic N) is 4. The Bertz CT molecular complexity index is 822. The minimum Gasteiger partial charge on any atom is -0.323 e. The monoisotopic (exact) mass is 305 g/mol. The number of hydrogen-bond acceptors (Lipinski definition) is 4. The summed E-state index contributed by atoms with van der Waals surface area (Å²) in [6.07, 6.45) is 3.28. The maximum Gasteiger partial charge on any atom is 0.248 e. The van der Waals surface area contributed by atoms with Gasteiger partial charge >= 0.3 is 0 Å². The van der Waals surface area contributed by atoms with Crippen LogP contribution in [0.1, 0.15) is 5.56 Å². The number of hydrogen-bond donors (Lipinski definition) is 1. The molecule has 1 aromatic heterocycles. The number of anilines is 1. The van der Waals surface area contributed by atoms with Crippen LogP contribution in [0.5, 0.6) is 0 Å². The molecule has 0 radical (unpaired) electrons. The lowest BCUT2D eigenvalue weighted by molar-refractivity contribution is -0.111. The third-order valence-electron chi connectivity index (χ3n) is 3.26. The molecular formula is C17H15N5O. The molecule has 3 aromatic rings. The summed E-state index contributed by atoms with van der Waals surface area (Å²) in [5.74, 6) is 0.494. The van der Waals surface area contributed by atoms with Crippen LogP contribution in [0, 0.1) is 0 Å². The van der Waals surface area contributed by atoms with Gasteiger partial charge in [-0.25, -0.2) is 4.68 Å². The van der Waals surface area contributed by atoms with Gasteiger partial charge in [0, 0.05) is 24.4 Å². The average molecular weight is 305 g/mol. The fourth-order valence-corrected chi connectivity index (χ4v) is 2.10. The van der Waals surface area contributed by atoms with Crippen LogP contribution in [-0.4, -0.2) is 26.1 Å². The predicted molar refractivity (Wildman–Crippen MR) is 88.3 cm³/mol. The maximum atomic E-state index is 11.9. The Hall–Kier alpha value is -3.28. The van der Waals surface area contributed by atoms with Gasteiger partial charge in [0.1, 0.15) is 0 Å². The van der Waals surface area contributed by atoms with Gasteiger partial charge in [0.05, 0.1) is 0 Å². The molecule has 0 unspecified atom stereocenters. The van der Waals surface area contributed by atoms with Crippen molar-refractivity contribution in [1.29, 1.82) is 0 Å². The van der Waals surface area contributed by atoms with E-state index in [1.165, 1.54) is 6.08 Å². The van der Waals surface area contributed by atoms with Crippen molar-refractivity contribution < 1.29 is 4.79 Å². The molecule has 1 N–H and O–H groups in total. The van der Waals surface area contributed by atoms with Gasteiger partial charge in [-0.15, -0.1) is 5.10 Å². The lowest BCUT2D eigenvalue weighted by atomic mass is 10.2. The second-order valence-electron chi connectivity index (χ2n) is 4.94. The second kappa shape index (κ2) is 6.65. The molecule has 0 spiro atoms. The molecule has 23 heavy (non-hydrogen) atoms. The Balaban J connectivity index is 1.65. The van der Waals surface area contributed by atoms with Gasteiger partial charge in [-0.2, -0.15) is 0 Å². The number of carbonyl (C=O) groups excluding carboxylic acids is 1. The van der Waals surface area contributed by atoms with Crippen LogP contribution >= 0.6 is 0 Å². The first-order valence-electron chi connectivity index (χ1n) is 7.09. The van der Waals surface area contributed by atoms with E-state index >= 15 is 0 Å². The van der Waals surface area contributed by atoms with E-state index in [9.17, 15) is 4.79 Å². The first-order valence-corrected chi connectivity index (χ1v) is 7.09. The Morgan fingerprint density at radius 2 is 1.83 bits per heavy atom. The van der Waals surface area contributed by atoms with Crippen LogP contribution in [0.2, 0.25) is 0 Å². The van der Waals surface area contributed by atoms with Crippen LogP contribution in [-0.2, 0) is 11.8 Å². The van der Waals surface area contributed by atoms with E-state index < -0.39 is 0 Å². The largest absolute Gasteiger partial charge is 0.323 e. The van der Waals surface area contributed by atoms with Gasteiger partial charge in [-0.05, 0) is 46.3 Å². The molecule has 114 valence electrons. The highest BCUT2D eigenvalue weighted by atomic mass is 16.1. The molecule has 0 fully saturated rings. The summed E-state index contributed by atoms with van der Waals surface area (Å²) < 4.78 is 1.59. The van der Waals surface area contributed by atoms with E-state index in [0.717, 1.165) is 11.1 Å². The number of tetrazole rings is 1. The zero-order chi connectivity index (χ0) is 16.1. The van der Waals surface area contributed by atoms with Gasteiger partial charge in [0.2, 0.25) is 5.91 Å². The minimum atomic E-state index is -0.179. The SMILES string of the molecule is Cn1nnnc1-c1ccc(NC(=O)/C=C/c2ccccc2)cc1. The van der Waals surface area contributed by atoms with Crippen molar-refractivity contribution in [2.75, 3.05) is 5.32 Å². The third kappa shape index (κ3) is 3.68. The highest BCUT2D eigenvalue weighted by Crippen LogP contribution is 2.18. The van der Waals surface area contributed by atoms with Gasteiger partial charge in [-0.3, -0.25) is 4.79 Å². The Morgan fingerprint density at radius 3 is 2.48 bits per heavy atom. The number of aryl methyl sites for hydroxylation is 1. The van der Waals surface area contributed by atoms with Crippen LogP contribution in [0.15, 0.2) is 60.7 Å². The molecule has 1 amide bonds. The third-order valence-corrected chi connectivity index (χ3v) is 3.26. The lowest BCUT2D eigenvalue weighted by Gasteiger charge is -2.04. The first-order chi connectivity index (χ1) is 11.2. The molecule has 0 aliphatic heterocycles. The van der Waals surface area contributed by atoms with Crippen molar-refractivity contribution in [3.8, 4) is 11.4 Å². The quantitative estimate of drug-likeness (QED) is 0.752. The molecule has 0 bridgehead atoms. The van der Waals surface area contributed by atoms with Crippen LogP contribution in [0.4, 0.5) is 5.69 Å². The molecule has 0 aliphatic rings. The summed E-state index contributed by atoms with van der Waals surface area (Å²) in [6, 6.07) is 17.0. The summed E-state index contributed by atoms with van der Waals surface area (Å²) in [4.78, 5) is 11.9. The first kappa shape index (κ1) is 14.6. The highest BCUT2D eigenvalue weighted by Gasteiger charge is 2.05. The van der Waals surface area contributed by atoms with E-state index in [1.807, 2.05) is 54.6 Å². The molecule has 6 heteroatoms. The van der Waals surface area contributed by atoms with Crippen LogP contribution in [0.3, 0.4) is 0 Å². The number of rotatable bonds is 4. The Morgan fingerprint density at radius 1 is 1.09 bits per heavy atom. The van der Waals surface area contributed by atoms with E-state index in [1.54, 1.807) is 17.8 Å². The molecule has 1 heterocycles. The number of benzene rings is 2. The number of carbonyl (C=O) groups is 1. The van der Waals surface area contributed by atoms with Gasteiger partial charge in [0.15, 0.2) is 5.82 Å². The van der Waals surface area contributed by atoms with Crippen molar-refractivity contribution in [1.82, 2.24) is 20.2 Å². The van der Waals surface area contributed by atoms with E-state index in [-0.39, 0.29) is 5.91 Å². The minimum absolute atomic E-state index is 0.179. The van der Waals surface area contributed by atoms with E-state index in [2.05, 4.69) is 20.8 Å². The normalized spacial score (nSPS) is 10.8. The molecule has 2 aromatic carbocycles. The van der Waals surface area contributed by atoms with Crippen molar-refractivity contribution in [2.45, 2.75) is 0 Å². The zero-order valence-corrected chi connectivity index (χ0v) is 12.5. The van der Waals surface area contributed by atoms with Crippen molar-refractivity contribution in [2.24, 2.45) is 7.05 Å². The summed E-state index contributed by atoms with van der Waals surface area (Å²) in [5.41, 5.74) is 2.58. The van der Waals surface area contributed by atoms with Crippen molar-refractivity contribution in [3.63, 3.8) is 0 Å². The topological polar surface area (TPSA) is 72.7 Å². The number of amides is 1. The molecule has 6 nitrogen and oxygen atoms in total. The van der Waals surface area contributed by atoms with Crippen LogP contribution < -0.4 is 5.32 Å².